The lowest BCUT2D eigenvalue weighted by atomic mass is 10.1. The minimum absolute atomic E-state index is 0.0632. The molecule has 2 aliphatic rings. The highest BCUT2D eigenvalue weighted by Crippen LogP contribution is 2.37. The predicted octanol–water partition coefficient (Wildman–Crippen LogP) is 10.7. The Morgan fingerprint density at radius 2 is 1.29 bits per heavy atom. The number of nitrogens with zero attached hydrogens (tertiary/aromatic N) is 1. The van der Waals surface area contributed by atoms with Crippen molar-refractivity contribution in [2.75, 3.05) is 29.2 Å². The van der Waals surface area contributed by atoms with Crippen molar-refractivity contribution in [1.29, 1.82) is 0 Å². The van der Waals surface area contributed by atoms with Crippen LogP contribution in [0.15, 0.2) is 69.6 Å². The average molecular weight is 1030 g/mol. The van der Waals surface area contributed by atoms with Crippen LogP contribution >= 0.6 is 77.0 Å². The molecule has 2 amide bonds. The van der Waals surface area contributed by atoms with Gasteiger partial charge in [-0.1, -0.05) is 5.23 Å². The van der Waals surface area contributed by atoms with Gasteiger partial charge in [0.2, 0.25) is 0 Å². The molecule has 0 aliphatic heterocycles. The first-order chi connectivity index (χ1) is 23.5. The summed E-state index contributed by atoms with van der Waals surface area (Å²) in [6.45, 7) is 0.429. The zero-order chi connectivity index (χ0) is 34.8. The number of rotatable bonds is 13. The van der Waals surface area contributed by atoms with E-state index >= 15 is 8.78 Å². The third-order valence-electron chi connectivity index (χ3n) is 7.72. The molecule has 49 heavy (non-hydrogen) atoms. The maximum atomic E-state index is 16.1. The summed E-state index contributed by atoms with van der Waals surface area (Å²) in [4.78, 5) is 39.2. The Bertz CT molecular complexity index is 1920. The fourth-order valence-electron chi connectivity index (χ4n) is 4.65. The van der Waals surface area contributed by atoms with Gasteiger partial charge in [-0.2, -0.15) is 0 Å². The van der Waals surface area contributed by atoms with Crippen molar-refractivity contribution >= 4 is 117 Å². The number of nitrogens with one attached hydrogen (secondary N) is 3. The van der Waals surface area contributed by atoms with Gasteiger partial charge >= 0.3 is 5.91 Å². The van der Waals surface area contributed by atoms with Crippen LogP contribution in [0.5, 0.6) is 0 Å². The van der Waals surface area contributed by atoms with Gasteiger partial charge in [0.05, 0.1) is 52.8 Å². The standard InChI is InChI=1S/C34H27Br2F3I2N4O4/c35-24-12-20(40)6-9-26(24)42-28-11-19(37)5-8-22(28)33(46)44-29-14-23(34(47)45(48-15-17-1-2-17)49-16-18-3-4-18)32(31(39)30(29)38)43-27-10-7-21(41)13-25(27)36/h5-14,17-18,42-43H,1-4,15-16H2,(H,44,46). The Balaban J connectivity index is 1.36. The molecule has 4 aromatic carbocycles. The van der Waals surface area contributed by atoms with E-state index in [-0.39, 0.29) is 41.9 Å². The molecule has 0 atom stereocenters. The molecular formula is C34H27Br2F3I2N4O4. The molecular weight excluding hydrogens is 999 g/mol. The molecule has 8 nitrogen and oxygen atoms in total. The smallest absolute Gasteiger partial charge is 0.306 e. The maximum Gasteiger partial charge on any atom is 0.306 e. The number of carbonyl (C=O) groups is 2. The van der Waals surface area contributed by atoms with Crippen LogP contribution in [0.1, 0.15) is 46.4 Å². The van der Waals surface area contributed by atoms with Gasteiger partial charge < -0.3 is 16.0 Å². The van der Waals surface area contributed by atoms with Crippen molar-refractivity contribution in [2.24, 2.45) is 11.8 Å². The lowest BCUT2D eigenvalue weighted by Gasteiger charge is -2.23. The molecule has 3 N–H and O–H groups in total. The Labute approximate surface area is 324 Å². The Morgan fingerprint density at radius 1 is 0.714 bits per heavy atom. The largest absolute Gasteiger partial charge is 0.354 e. The fraction of sp³-hybridized carbons (Fsp3) is 0.235. The number of hydroxylamine groups is 2. The highest BCUT2D eigenvalue weighted by molar-refractivity contribution is 14.1. The first-order valence-corrected chi connectivity index (χ1v) is 18.9. The number of amides is 2. The molecule has 0 aromatic heterocycles. The van der Waals surface area contributed by atoms with Crippen LogP contribution in [0.4, 0.5) is 41.6 Å². The van der Waals surface area contributed by atoms with E-state index in [0.29, 0.717) is 20.3 Å². The van der Waals surface area contributed by atoms with Crippen LogP contribution in [-0.2, 0) is 9.68 Å². The van der Waals surface area contributed by atoms with Crippen LogP contribution < -0.4 is 16.0 Å². The number of halogens is 7. The molecule has 6 rings (SSSR count). The Kier molecular flexibility index (Phi) is 11.7. The second-order valence-corrected chi connectivity index (χ2v) is 15.9. The highest BCUT2D eigenvalue weighted by atomic mass is 127. The molecule has 256 valence electrons. The maximum absolute atomic E-state index is 16.1. The van der Waals surface area contributed by atoms with Crippen LogP contribution in [0.25, 0.3) is 0 Å². The van der Waals surface area contributed by atoms with Gasteiger partial charge in [-0.05, 0) is 175 Å². The van der Waals surface area contributed by atoms with Gasteiger partial charge in [-0.3, -0.25) is 9.59 Å². The van der Waals surface area contributed by atoms with Crippen molar-refractivity contribution in [3.8, 4) is 0 Å². The van der Waals surface area contributed by atoms with Gasteiger partial charge in [0.25, 0.3) is 5.91 Å². The minimum Gasteiger partial charge on any atom is -0.354 e. The molecule has 0 unspecified atom stereocenters. The zero-order valence-electron chi connectivity index (χ0n) is 25.4. The fourth-order valence-corrected chi connectivity index (χ4v) is 7.44. The third kappa shape index (κ3) is 9.27. The van der Waals surface area contributed by atoms with Crippen LogP contribution in [-0.4, -0.2) is 30.3 Å². The molecule has 2 saturated carbocycles. The van der Waals surface area contributed by atoms with Crippen molar-refractivity contribution in [2.45, 2.75) is 25.7 Å². The molecule has 15 heteroatoms. The normalized spacial score (nSPS) is 14.0. The highest BCUT2D eigenvalue weighted by Gasteiger charge is 2.32. The topological polar surface area (TPSA) is 91.9 Å². The molecule has 2 fully saturated rings. The van der Waals surface area contributed by atoms with E-state index in [9.17, 15) is 14.0 Å². The van der Waals surface area contributed by atoms with Crippen LogP contribution in [0, 0.1) is 36.4 Å². The number of anilines is 5. The van der Waals surface area contributed by atoms with Crippen molar-refractivity contribution < 1.29 is 32.4 Å². The number of benzene rings is 4. The van der Waals surface area contributed by atoms with Crippen molar-refractivity contribution in [1.82, 2.24) is 5.23 Å². The SMILES string of the molecule is O=C(Nc1cc(C(=O)N(OCC2CC2)OCC2CC2)c(Nc2ccc(I)cc2Br)c(F)c1F)c1ccc(F)cc1Nc1ccc(I)cc1Br. The molecule has 2 aliphatic carbocycles. The molecule has 0 bridgehead atoms. The van der Waals surface area contributed by atoms with Gasteiger partial charge in [0, 0.05) is 16.1 Å². The zero-order valence-corrected chi connectivity index (χ0v) is 32.9. The lowest BCUT2D eigenvalue weighted by molar-refractivity contribution is -0.330. The molecule has 0 radical (unpaired) electrons. The van der Waals surface area contributed by atoms with Gasteiger partial charge in [0.1, 0.15) is 5.82 Å². The summed E-state index contributed by atoms with van der Waals surface area (Å²) in [7, 11) is 0. The van der Waals surface area contributed by atoms with E-state index in [0.717, 1.165) is 56.2 Å². The molecule has 0 saturated heterocycles. The summed E-state index contributed by atoms with van der Waals surface area (Å²) >= 11 is 11.1. The summed E-state index contributed by atoms with van der Waals surface area (Å²) in [6, 6.07) is 15.0. The summed E-state index contributed by atoms with van der Waals surface area (Å²) in [5, 5.41) is 8.97. The summed E-state index contributed by atoms with van der Waals surface area (Å²) in [5.74, 6) is -4.72. The molecule has 4 aromatic rings. The molecule has 0 spiro atoms. The lowest BCUT2D eigenvalue weighted by Crippen LogP contribution is -2.34. The summed E-state index contributed by atoms with van der Waals surface area (Å²) in [6.07, 6.45) is 3.78. The van der Waals surface area contributed by atoms with E-state index in [1.165, 1.54) is 6.07 Å². The second-order valence-electron chi connectivity index (χ2n) is 11.7. The minimum atomic E-state index is -1.42. The second kappa shape index (κ2) is 15.8. The average Bonchev–Trinajstić information content (AvgIpc) is 3.99. The van der Waals surface area contributed by atoms with E-state index in [4.69, 9.17) is 9.68 Å². The number of carbonyl (C=O) groups excluding carboxylic acids is 2. The van der Waals surface area contributed by atoms with E-state index in [2.05, 4.69) is 93.0 Å². The van der Waals surface area contributed by atoms with Crippen molar-refractivity contribution in [3.63, 3.8) is 0 Å². The quantitative estimate of drug-likeness (QED) is 0.0913. The third-order valence-corrected chi connectivity index (χ3v) is 10.4. The van der Waals surface area contributed by atoms with Gasteiger partial charge in [0.15, 0.2) is 11.6 Å². The number of hydrogen-bond donors (Lipinski definition) is 3. The van der Waals surface area contributed by atoms with E-state index < -0.39 is 40.6 Å². The van der Waals surface area contributed by atoms with Gasteiger partial charge in [-0.25, -0.2) is 22.8 Å². The summed E-state index contributed by atoms with van der Waals surface area (Å²) in [5.41, 5.74) is -0.541. The first-order valence-electron chi connectivity index (χ1n) is 15.1. The van der Waals surface area contributed by atoms with Crippen LogP contribution in [0.2, 0.25) is 0 Å². The van der Waals surface area contributed by atoms with Gasteiger partial charge in [-0.15, -0.1) is 0 Å². The van der Waals surface area contributed by atoms with Crippen LogP contribution in [0.3, 0.4) is 0 Å². The van der Waals surface area contributed by atoms with E-state index in [1.807, 2.05) is 12.1 Å². The first kappa shape index (κ1) is 36.3. The Hall–Kier alpha value is -2.45. The predicted molar refractivity (Wildman–Crippen MR) is 205 cm³/mol. The summed E-state index contributed by atoms with van der Waals surface area (Å²) < 4.78 is 49.4. The van der Waals surface area contributed by atoms with E-state index in [1.54, 1.807) is 24.3 Å². The monoisotopic (exact) mass is 1020 g/mol. The number of hydrogen-bond acceptors (Lipinski definition) is 6. The molecule has 0 heterocycles. The Morgan fingerprint density at radius 3 is 1.84 bits per heavy atom. The van der Waals surface area contributed by atoms with Crippen molar-refractivity contribution in [3.05, 3.63) is 105 Å².